The van der Waals surface area contributed by atoms with E-state index < -0.39 is 47.2 Å². The van der Waals surface area contributed by atoms with Crippen LogP contribution in [0.15, 0.2) is 60.7 Å². The number of fused-ring (bicyclic) bond motifs is 6. The summed E-state index contributed by atoms with van der Waals surface area (Å²) in [6.45, 7) is 13.9. The number of nitrogens with one attached hydrogen (secondary N) is 2. The van der Waals surface area contributed by atoms with Gasteiger partial charge in [-0.25, -0.2) is 5.43 Å². The first-order valence-electron chi connectivity index (χ1n) is 23.6. The summed E-state index contributed by atoms with van der Waals surface area (Å²) in [4.78, 5) is 72.7. The van der Waals surface area contributed by atoms with E-state index in [1.54, 1.807) is 38.1 Å². The number of aryl methyl sites for hydroxylation is 1. The molecule has 4 atom stereocenters. The number of carbonyl (C=O) groups is 5. The summed E-state index contributed by atoms with van der Waals surface area (Å²) in [5, 5.41) is 16.8. The van der Waals surface area contributed by atoms with Gasteiger partial charge in [-0.2, -0.15) is 0 Å². The maximum Gasteiger partial charge on any atom is 0.324 e. The Morgan fingerprint density at radius 3 is 2.55 bits per heavy atom. The lowest BCUT2D eigenvalue weighted by atomic mass is 9.83. The number of rotatable bonds is 10. The topological polar surface area (TPSA) is 163 Å². The van der Waals surface area contributed by atoms with Crippen LogP contribution >= 0.6 is 0 Å². The number of aromatic hydroxyl groups is 1. The van der Waals surface area contributed by atoms with Crippen LogP contribution in [0, 0.1) is 29.1 Å². The number of cyclic esters (lactones) is 1. The number of carbonyl (C=O) groups excluding carboxylic acids is 5. The fourth-order valence-corrected chi connectivity index (χ4v) is 10.1. The minimum atomic E-state index is -1.16. The molecule has 2 fully saturated rings. The van der Waals surface area contributed by atoms with Gasteiger partial charge in [0.25, 0.3) is 11.8 Å². The van der Waals surface area contributed by atoms with Crippen molar-refractivity contribution >= 4 is 40.5 Å². The lowest BCUT2D eigenvalue weighted by Gasteiger charge is -2.37. The first-order chi connectivity index (χ1) is 32.0. The van der Waals surface area contributed by atoms with Gasteiger partial charge in [0.1, 0.15) is 23.9 Å². The van der Waals surface area contributed by atoms with Gasteiger partial charge in [-0.05, 0) is 110 Å². The molecule has 4 amide bonds. The largest absolute Gasteiger partial charge is 0.508 e. The molecule has 6 bridgehead atoms. The predicted octanol–water partition coefficient (Wildman–Crippen LogP) is 5.89. The lowest BCUT2D eigenvalue weighted by molar-refractivity contribution is -0.155. The fourth-order valence-electron chi connectivity index (χ4n) is 10.1. The van der Waals surface area contributed by atoms with Crippen LogP contribution in [-0.4, -0.2) is 119 Å². The standard InChI is InChI=1S/C53H66N6O8/c1-9-14-46(61)57-23-20-37(31-57)50(63)56(7)47(33(3)4)49(62)54-44-27-34-25-38(28-39(60)26-34)36-18-19-45-41(29-36)42(48(58(45)10-2)40-16-12-11-15-35(40)21-24-66-8)30-53(5,6)32-67-52(65)43-17-13-22-59(55-43)51(44)64/h11-12,15-16,18-19,25-26,28-29,33,37,43-44,47,55,60H,10,13,17,20-24,27,30-32H2,1-8H3,(H,54,62)/t37-,43-,44-,47-/m0/s1. The molecule has 3 N–H and O–H groups in total. The molecule has 1 aromatic heterocycles. The number of ether oxygens (including phenoxy) is 2. The molecule has 67 heavy (non-hydrogen) atoms. The van der Waals surface area contributed by atoms with E-state index in [0.29, 0.717) is 50.9 Å². The van der Waals surface area contributed by atoms with Crippen LogP contribution in [0.3, 0.4) is 0 Å². The molecule has 0 saturated carbocycles. The van der Waals surface area contributed by atoms with Crippen molar-refractivity contribution in [2.45, 2.75) is 105 Å². The van der Waals surface area contributed by atoms with Gasteiger partial charge in [0.15, 0.2) is 0 Å². The van der Waals surface area contributed by atoms with Gasteiger partial charge in [0.05, 0.1) is 24.8 Å². The Morgan fingerprint density at radius 1 is 1.04 bits per heavy atom. The average Bonchev–Trinajstić information content (AvgIpc) is 3.92. The van der Waals surface area contributed by atoms with Crippen LogP contribution in [0.2, 0.25) is 0 Å². The van der Waals surface area contributed by atoms with Crippen molar-refractivity contribution in [3.05, 3.63) is 77.4 Å². The van der Waals surface area contributed by atoms with E-state index >= 15 is 0 Å². The summed E-state index contributed by atoms with van der Waals surface area (Å²) in [5.74, 6) is 2.22. The SMILES string of the molecule is CC#CC(=O)N1CC[C@H](C(=O)N(C)[C@H](C(=O)N[C@H]2Cc3cc(O)cc(c3)-c3ccc4c(c3)c(c(-c3ccccc3CCOC)n4CC)CC(C)(C)COC(=O)[C@@H]3CCCN(N3)C2=O)C(C)C)C1. The highest BCUT2D eigenvalue weighted by Crippen LogP contribution is 2.41. The Hall–Kier alpha value is -6.17. The van der Waals surface area contributed by atoms with Crippen LogP contribution in [0.1, 0.15) is 77.5 Å². The Balaban J connectivity index is 1.29. The van der Waals surface area contributed by atoms with E-state index in [-0.39, 0.29) is 49.6 Å². The molecule has 356 valence electrons. The van der Waals surface area contributed by atoms with Crippen molar-refractivity contribution in [3.8, 4) is 40.0 Å². The van der Waals surface area contributed by atoms with Gasteiger partial charge >= 0.3 is 5.97 Å². The van der Waals surface area contributed by atoms with Gasteiger partial charge in [-0.1, -0.05) is 70.0 Å². The number of phenols is 1. The van der Waals surface area contributed by atoms with Gasteiger partial charge < -0.3 is 34.3 Å². The van der Waals surface area contributed by atoms with Crippen molar-refractivity contribution in [1.82, 2.24) is 30.1 Å². The summed E-state index contributed by atoms with van der Waals surface area (Å²) >= 11 is 0. The number of likely N-dealkylation sites (tertiary alicyclic amines) is 1. The van der Waals surface area contributed by atoms with Gasteiger partial charge in [0.2, 0.25) is 11.8 Å². The minimum absolute atomic E-state index is 0.00179. The number of likely N-dealkylation sites (N-methyl/N-ethyl adjacent to an activating group) is 1. The summed E-state index contributed by atoms with van der Waals surface area (Å²) in [7, 11) is 3.29. The maximum atomic E-state index is 14.7. The molecule has 14 heteroatoms. The molecular formula is C53H66N6O8. The molecule has 4 heterocycles. The normalized spacial score (nSPS) is 20.2. The number of nitrogens with zero attached hydrogens (tertiary/aromatic N) is 4. The van der Waals surface area contributed by atoms with Crippen molar-refractivity contribution in [1.29, 1.82) is 0 Å². The quantitative estimate of drug-likeness (QED) is 0.130. The van der Waals surface area contributed by atoms with E-state index in [4.69, 9.17) is 9.47 Å². The van der Waals surface area contributed by atoms with Gasteiger partial charge in [-0.3, -0.25) is 29.0 Å². The van der Waals surface area contributed by atoms with Gasteiger partial charge in [-0.15, -0.1) is 0 Å². The second-order valence-corrected chi connectivity index (χ2v) is 19.4. The van der Waals surface area contributed by atoms with E-state index in [1.165, 1.54) is 9.91 Å². The van der Waals surface area contributed by atoms with Crippen molar-refractivity contribution < 1.29 is 38.6 Å². The van der Waals surface area contributed by atoms with Gasteiger partial charge in [0, 0.05) is 68.6 Å². The third-order valence-electron chi connectivity index (χ3n) is 13.4. The number of amides is 4. The number of hydrogen-bond acceptors (Lipinski definition) is 9. The molecular weight excluding hydrogens is 849 g/mol. The predicted molar refractivity (Wildman–Crippen MR) is 257 cm³/mol. The zero-order valence-corrected chi connectivity index (χ0v) is 40.2. The number of methoxy groups -OCH3 is 1. The van der Waals surface area contributed by atoms with Crippen molar-refractivity contribution in [3.63, 3.8) is 0 Å². The number of esters is 1. The third kappa shape index (κ3) is 10.7. The molecule has 4 aromatic rings. The van der Waals surface area contributed by atoms with Crippen LogP contribution < -0.4 is 10.7 Å². The molecule has 0 radical (unpaired) electrons. The van der Waals surface area contributed by atoms with E-state index in [2.05, 4.69) is 84.3 Å². The molecule has 0 aliphatic carbocycles. The van der Waals surface area contributed by atoms with Crippen LogP contribution in [0.4, 0.5) is 0 Å². The third-order valence-corrected chi connectivity index (χ3v) is 13.4. The Bertz CT molecular complexity index is 2590. The van der Waals surface area contributed by atoms with E-state index in [1.807, 2.05) is 26.0 Å². The Labute approximate surface area is 394 Å². The fraction of sp³-hybridized carbons (Fsp3) is 0.491. The van der Waals surface area contributed by atoms with E-state index in [0.717, 1.165) is 50.8 Å². The summed E-state index contributed by atoms with van der Waals surface area (Å²) in [5.41, 5.74) is 10.3. The smallest absolute Gasteiger partial charge is 0.324 e. The number of phenolic OH excluding ortho intramolecular Hbond substituents is 1. The molecule has 3 aliphatic heterocycles. The zero-order chi connectivity index (χ0) is 48.2. The molecule has 14 nitrogen and oxygen atoms in total. The maximum absolute atomic E-state index is 14.7. The molecule has 2 saturated heterocycles. The number of aromatic nitrogens is 1. The number of benzene rings is 3. The molecule has 7 rings (SSSR count). The van der Waals surface area contributed by atoms with Crippen LogP contribution in [-0.2, 0) is 59.3 Å². The summed E-state index contributed by atoms with van der Waals surface area (Å²) in [6, 6.07) is 17.0. The molecule has 3 aliphatic rings. The second-order valence-electron chi connectivity index (χ2n) is 19.4. The van der Waals surface area contributed by atoms with Crippen LogP contribution in [0.25, 0.3) is 33.3 Å². The Morgan fingerprint density at radius 2 is 1.82 bits per heavy atom. The summed E-state index contributed by atoms with van der Waals surface area (Å²) < 4.78 is 14.0. The van der Waals surface area contributed by atoms with Crippen molar-refractivity contribution in [2.75, 3.05) is 47.0 Å². The highest BCUT2D eigenvalue weighted by atomic mass is 16.5. The lowest BCUT2D eigenvalue weighted by Crippen LogP contribution is -2.62. The average molecular weight is 915 g/mol. The highest BCUT2D eigenvalue weighted by Gasteiger charge is 2.40. The minimum Gasteiger partial charge on any atom is -0.508 e. The first-order valence-corrected chi connectivity index (χ1v) is 23.6. The number of hydrazine groups is 1. The second kappa shape index (κ2) is 20.8. The Kier molecular flexibility index (Phi) is 15.1. The van der Waals surface area contributed by atoms with E-state index in [9.17, 15) is 29.1 Å². The van der Waals surface area contributed by atoms with Crippen molar-refractivity contribution in [2.24, 2.45) is 17.3 Å². The monoisotopic (exact) mass is 914 g/mol. The first kappa shape index (κ1) is 48.8. The zero-order valence-electron chi connectivity index (χ0n) is 40.2. The molecule has 0 spiro atoms. The molecule has 0 unspecified atom stereocenters. The number of hydrogen-bond donors (Lipinski definition) is 3. The molecule has 3 aromatic carbocycles. The highest BCUT2D eigenvalue weighted by molar-refractivity contribution is 5.97. The summed E-state index contributed by atoms with van der Waals surface area (Å²) in [6.07, 6.45) is 2.72. The van der Waals surface area contributed by atoms with Crippen LogP contribution in [0.5, 0.6) is 5.75 Å².